The molecule has 0 bridgehead atoms. The maximum atomic E-state index is 13.4. The Balaban J connectivity index is 2.24. The largest absolute Gasteiger partial charge is 0.450 e. The summed E-state index contributed by atoms with van der Waals surface area (Å²) < 4.78 is 18.6. The fourth-order valence-electron chi connectivity index (χ4n) is 1.48. The zero-order valence-corrected chi connectivity index (χ0v) is 10.5. The first-order chi connectivity index (χ1) is 8.08. The highest BCUT2D eigenvalue weighted by atomic mass is 32.2. The summed E-state index contributed by atoms with van der Waals surface area (Å²) in [7, 11) is 0. The fourth-order valence-corrected chi connectivity index (χ4v) is 2.11. The number of thioether (sulfide) groups is 1. The minimum atomic E-state index is -0.432. The third-order valence-corrected chi connectivity index (χ3v) is 3.41. The van der Waals surface area contributed by atoms with E-state index in [2.05, 4.69) is 0 Å². The van der Waals surface area contributed by atoms with Crippen molar-refractivity contribution >= 4 is 28.5 Å². The molecule has 0 aliphatic rings. The molecule has 2 aromatic rings. The Morgan fingerprint density at radius 3 is 2.88 bits per heavy atom. The summed E-state index contributed by atoms with van der Waals surface area (Å²) in [4.78, 5) is 11.8. The number of Topliss-reactive ketones (excluding diaryl/α,β-unsaturated/α-hetero) is 1. The average Bonchev–Trinajstić information content (AvgIpc) is 2.71. The van der Waals surface area contributed by atoms with Gasteiger partial charge in [-0.3, -0.25) is 4.79 Å². The van der Waals surface area contributed by atoms with E-state index in [0.717, 1.165) is 0 Å². The molecule has 0 N–H and O–H groups in total. The number of hydrogen-bond acceptors (Lipinski definition) is 3. The summed E-state index contributed by atoms with van der Waals surface area (Å²) in [5, 5.41) is 1.02. The van der Waals surface area contributed by atoms with Crippen LogP contribution in [0.3, 0.4) is 0 Å². The Morgan fingerprint density at radius 2 is 2.24 bits per heavy atom. The predicted octanol–water partition coefficient (Wildman–Crippen LogP) is 3.90. The van der Waals surface area contributed by atoms with Gasteiger partial charge in [-0.2, -0.15) is 11.8 Å². The minimum Gasteiger partial charge on any atom is -0.450 e. The van der Waals surface area contributed by atoms with Crippen LogP contribution in [0.1, 0.15) is 24.4 Å². The summed E-state index contributed by atoms with van der Waals surface area (Å²) in [6.07, 6.45) is 0. The maximum Gasteiger partial charge on any atom is 0.207 e. The number of furan rings is 1. The SMILES string of the molecule is CC(C)SCC(=O)c1cc2cccc(F)c2o1. The summed E-state index contributed by atoms with van der Waals surface area (Å²) in [6.45, 7) is 4.05. The van der Waals surface area contributed by atoms with Crippen LogP contribution >= 0.6 is 11.8 Å². The van der Waals surface area contributed by atoms with Gasteiger partial charge in [0, 0.05) is 5.39 Å². The van der Waals surface area contributed by atoms with E-state index in [9.17, 15) is 9.18 Å². The van der Waals surface area contributed by atoms with Crippen molar-refractivity contribution in [1.29, 1.82) is 0 Å². The smallest absolute Gasteiger partial charge is 0.207 e. The highest BCUT2D eigenvalue weighted by molar-refractivity contribution is 8.00. The third kappa shape index (κ3) is 2.69. The van der Waals surface area contributed by atoms with E-state index in [4.69, 9.17) is 4.42 Å². The Bertz CT molecular complexity index is 545. The predicted molar refractivity (Wildman–Crippen MR) is 68.1 cm³/mol. The number of benzene rings is 1. The first-order valence-electron chi connectivity index (χ1n) is 5.41. The number of hydrogen-bond donors (Lipinski definition) is 0. The van der Waals surface area contributed by atoms with E-state index in [1.165, 1.54) is 6.07 Å². The molecule has 2 nitrogen and oxygen atoms in total. The van der Waals surface area contributed by atoms with Gasteiger partial charge in [0.25, 0.3) is 0 Å². The van der Waals surface area contributed by atoms with Gasteiger partial charge in [0.15, 0.2) is 17.2 Å². The van der Waals surface area contributed by atoms with Gasteiger partial charge >= 0.3 is 0 Å². The monoisotopic (exact) mass is 252 g/mol. The Hall–Kier alpha value is -1.29. The van der Waals surface area contributed by atoms with Gasteiger partial charge in [-0.05, 0) is 17.4 Å². The highest BCUT2D eigenvalue weighted by Gasteiger charge is 2.14. The van der Waals surface area contributed by atoms with Gasteiger partial charge in [-0.15, -0.1) is 0 Å². The molecule has 1 aromatic heterocycles. The summed E-state index contributed by atoms with van der Waals surface area (Å²) in [5.41, 5.74) is 0.158. The molecule has 1 aromatic carbocycles. The molecule has 0 amide bonds. The van der Waals surface area contributed by atoms with Gasteiger partial charge in [0.05, 0.1) is 5.75 Å². The molecule has 0 aliphatic carbocycles. The van der Waals surface area contributed by atoms with Crippen molar-refractivity contribution in [2.24, 2.45) is 0 Å². The molecule has 17 heavy (non-hydrogen) atoms. The molecule has 0 saturated heterocycles. The molecule has 0 spiro atoms. The van der Waals surface area contributed by atoms with Crippen molar-refractivity contribution in [1.82, 2.24) is 0 Å². The van der Waals surface area contributed by atoms with Crippen LogP contribution in [0.25, 0.3) is 11.0 Å². The van der Waals surface area contributed by atoms with E-state index >= 15 is 0 Å². The Labute approximate surface area is 103 Å². The molecular weight excluding hydrogens is 239 g/mol. The van der Waals surface area contributed by atoms with Crippen LogP contribution in [0.15, 0.2) is 28.7 Å². The number of halogens is 1. The first kappa shape index (κ1) is 12.2. The number of ketones is 1. The average molecular weight is 252 g/mol. The van der Waals surface area contributed by atoms with Crippen molar-refractivity contribution in [2.45, 2.75) is 19.1 Å². The maximum absolute atomic E-state index is 13.4. The van der Waals surface area contributed by atoms with E-state index in [-0.39, 0.29) is 17.1 Å². The molecule has 0 atom stereocenters. The first-order valence-corrected chi connectivity index (χ1v) is 6.45. The molecule has 4 heteroatoms. The third-order valence-electron chi connectivity index (χ3n) is 2.32. The lowest BCUT2D eigenvalue weighted by atomic mass is 10.2. The number of fused-ring (bicyclic) bond motifs is 1. The van der Waals surface area contributed by atoms with Crippen molar-refractivity contribution in [3.8, 4) is 0 Å². The lowest BCUT2D eigenvalue weighted by Crippen LogP contribution is -2.03. The Morgan fingerprint density at radius 1 is 1.47 bits per heavy atom. The zero-order chi connectivity index (χ0) is 12.4. The summed E-state index contributed by atoms with van der Waals surface area (Å²) in [6, 6.07) is 6.25. The van der Waals surface area contributed by atoms with E-state index in [0.29, 0.717) is 16.4 Å². The van der Waals surface area contributed by atoms with Crippen LogP contribution in [-0.4, -0.2) is 16.8 Å². The molecule has 1 heterocycles. The van der Waals surface area contributed by atoms with E-state index < -0.39 is 5.82 Å². The van der Waals surface area contributed by atoms with Crippen LogP contribution in [-0.2, 0) is 0 Å². The molecule has 0 aliphatic heterocycles. The van der Waals surface area contributed by atoms with Crippen LogP contribution in [0.4, 0.5) is 4.39 Å². The lowest BCUT2D eigenvalue weighted by Gasteiger charge is -2.01. The quantitative estimate of drug-likeness (QED) is 0.773. The van der Waals surface area contributed by atoms with Crippen molar-refractivity contribution in [2.75, 3.05) is 5.75 Å². The van der Waals surface area contributed by atoms with Gasteiger partial charge in [0.2, 0.25) is 5.78 Å². The second-order valence-corrected chi connectivity index (χ2v) is 5.62. The van der Waals surface area contributed by atoms with Crippen molar-refractivity contribution in [3.63, 3.8) is 0 Å². The zero-order valence-electron chi connectivity index (χ0n) is 9.70. The topological polar surface area (TPSA) is 30.2 Å². The lowest BCUT2D eigenvalue weighted by molar-refractivity contribution is 0.0994. The van der Waals surface area contributed by atoms with Gasteiger partial charge < -0.3 is 4.42 Å². The van der Waals surface area contributed by atoms with Crippen LogP contribution in [0.2, 0.25) is 0 Å². The molecular formula is C13H13FO2S. The number of rotatable bonds is 4. The molecule has 0 fully saturated rings. The molecule has 2 rings (SSSR count). The second kappa shape index (κ2) is 4.92. The minimum absolute atomic E-state index is 0.0979. The second-order valence-electron chi connectivity index (χ2n) is 4.05. The standard InChI is InChI=1S/C13H13FO2S/c1-8(2)17-7-11(15)12-6-9-4-3-5-10(14)13(9)16-12/h3-6,8H,7H2,1-2H3. The van der Waals surface area contributed by atoms with Gasteiger partial charge in [-0.25, -0.2) is 4.39 Å². The summed E-state index contributed by atoms with van der Waals surface area (Å²) >= 11 is 1.55. The number of carbonyl (C=O) groups excluding carboxylic acids is 1. The van der Waals surface area contributed by atoms with E-state index in [1.807, 2.05) is 13.8 Å². The van der Waals surface area contributed by atoms with Gasteiger partial charge in [0.1, 0.15) is 0 Å². The van der Waals surface area contributed by atoms with Gasteiger partial charge in [-0.1, -0.05) is 26.0 Å². The number of para-hydroxylation sites is 1. The number of carbonyl (C=O) groups is 1. The van der Waals surface area contributed by atoms with Crippen LogP contribution in [0, 0.1) is 5.82 Å². The van der Waals surface area contributed by atoms with Crippen molar-refractivity contribution < 1.29 is 13.6 Å². The Kier molecular flexibility index (Phi) is 3.52. The molecule has 0 unspecified atom stereocenters. The highest BCUT2D eigenvalue weighted by Crippen LogP contribution is 2.23. The molecule has 0 saturated carbocycles. The van der Waals surface area contributed by atoms with Crippen LogP contribution in [0.5, 0.6) is 0 Å². The van der Waals surface area contributed by atoms with E-state index in [1.54, 1.807) is 30.0 Å². The molecule has 0 radical (unpaired) electrons. The molecule has 90 valence electrons. The summed E-state index contributed by atoms with van der Waals surface area (Å²) in [5.74, 6) is 0.0645. The fraction of sp³-hybridized carbons (Fsp3) is 0.308. The van der Waals surface area contributed by atoms with Crippen LogP contribution < -0.4 is 0 Å². The van der Waals surface area contributed by atoms with Crippen molar-refractivity contribution in [3.05, 3.63) is 35.8 Å². The normalized spacial score (nSPS) is 11.3.